The second kappa shape index (κ2) is 12.6. The highest BCUT2D eigenvalue weighted by Crippen LogP contribution is 2.34. The monoisotopic (exact) mass is 591 g/mol. The van der Waals surface area contributed by atoms with Gasteiger partial charge in [-0.15, -0.1) is 0 Å². The Morgan fingerprint density at radius 1 is 0.872 bits per heavy atom. The molecule has 2 amide bonds. The molecule has 0 aliphatic carbocycles. The van der Waals surface area contributed by atoms with Gasteiger partial charge >= 0.3 is 6.18 Å². The van der Waals surface area contributed by atoms with E-state index < -0.39 is 61.5 Å². The van der Waals surface area contributed by atoms with Crippen LogP contribution >= 0.6 is 0 Å². The third-order valence-corrected chi connectivity index (χ3v) is 7.74. The summed E-state index contributed by atoms with van der Waals surface area (Å²) in [6.07, 6.45) is -2.95. The Labute approximate surface area is 226 Å². The van der Waals surface area contributed by atoms with Crippen LogP contribution in [0.2, 0.25) is 0 Å². The van der Waals surface area contributed by atoms with Crippen molar-refractivity contribution in [2.75, 3.05) is 18.3 Å². The van der Waals surface area contributed by atoms with Crippen molar-refractivity contribution in [2.45, 2.75) is 49.5 Å². The Morgan fingerprint density at radius 2 is 1.36 bits per heavy atom. The summed E-state index contributed by atoms with van der Waals surface area (Å²) in [5.41, 5.74) is 6.47. The van der Waals surface area contributed by atoms with Crippen molar-refractivity contribution < 1.29 is 39.6 Å². The van der Waals surface area contributed by atoms with Crippen LogP contribution in [0.25, 0.3) is 11.1 Å². The van der Waals surface area contributed by atoms with Gasteiger partial charge in [0.15, 0.2) is 9.84 Å². The fourth-order valence-electron chi connectivity index (χ4n) is 3.77. The van der Waals surface area contributed by atoms with Crippen LogP contribution in [0.3, 0.4) is 0 Å². The molecule has 14 heteroatoms. The van der Waals surface area contributed by atoms with Crippen molar-refractivity contribution >= 4 is 31.5 Å². The topological polar surface area (TPSA) is 152 Å². The van der Waals surface area contributed by atoms with Gasteiger partial charge in [0, 0.05) is 12.5 Å². The number of hydrogen-bond acceptors (Lipinski definition) is 8. The summed E-state index contributed by atoms with van der Waals surface area (Å²) < 4.78 is 88.4. The zero-order valence-corrected chi connectivity index (χ0v) is 23.5. The van der Waals surface area contributed by atoms with Gasteiger partial charge < -0.3 is 5.73 Å². The van der Waals surface area contributed by atoms with Gasteiger partial charge in [0.25, 0.3) is 0 Å². The van der Waals surface area contributed by atoms with Gasteiger partial charge in [-0.2, -0.15) is 13.2 Å². The van der Waals surface area contributed by atoms with Crippen molar-refractivity contribution in [1.29, 1.82) is 0 Å². The van der Waals surface area contributed by atoms with E-state index >= 15 is 0 Å². The number of hydrogen-bond donors (Lipinski definition) is 3. The normalized spacial score (nSPS) is 15.0. The number of sulfone groups is 2. The number of halogens is 3. The zero-order chi connectivity index (χ0) is 29.8. The van der Waals surface area contributed by atoms with Crippen LogP contribution in [0, 0.1) is 5.92 Å². The van der Waals surface area contributed by atoms with E-state index in [4.69, 9.17) is 5.73 Å². The molecule has 2 aromatic rings. The standard InChI is InChI=1S/C25H32F3N3O6S2/c1-15(2)13-21(24(33)31-23(32)20(29)14-38(3,34)35)30-22(25(26,27)28)18-7-5-16(6-8-18)17-9-11-19(12-10-17)39(4,36)37/h5-12,15,20-22,30H,13-14,29H2,1-4H3,(H,31,32,33)/t20-,21-,22-/m0/s1. The quantitative estimate of drug-likeness (QED) is 0.360. The smallest absolute Gasteiger partial charge is 0.319 e. The van der Waals surface area contributed by atoms with Gasteiger partial charge in [0.05, 0.1) is 22.7 Å². The molecule has 39 heavy (non-hydrogen) atoms. The molecule has 0 heterocycles. The van der Waals surface area contributed by atoms with Crippen LogP contribution in [0.5, 0.6) is 0 Å². The lowest BCUT2D eigenvalue weighted by atomic mass is 9.97. The third-order valence-electron chi connectivity index (χ3n) is 5.64. The van der Waals surface area contributed by atoms with Crippen molar-refractivity contribution in [3.05, 3.63) is 54.1 Å². The van der Waals surface area contributed by atoms with Gasteiger partial charge in [-0.25, -0.2) is 16.8 Å². The van der Waals surface area contributed by atoms with E-state index in [2.05, 4.69) is 5.32 Å². The number of rotatable bonds is 11. The van der Waals surface area contributed by atoms with Gasteiger partial charge in [-0.05, 0) is 41.2 Å². The number of nitrogens with two attached hydrogens (primary N) is 1. The summed E-state index contributed by atoms with van der Waals surface area (Å²) in [6.45, 7) is 3.37. The number of amides is 2. The van der Waals surface area contributed by atoms with E-state index in [1.165, 1.54) is 36.4 Å². The highest BCUT2D eigenvalue weighted by Gasteiger charge is 2.43. The predicted molar refractivity (Wildman–Crippen MR) is 141 cm³/mol. The fourth-order valence-corrected chi connectivity index (χ4v) is 5.20. The molecule has 0 saturated carbocycles. The second-order valence-corrected chi connectivity index (χ2v) is 14.0. The third kappa shape index (κ3) is 10.0. The molecule has 2 aromatic carbocycles. The Morgan fingerprint density at radius 3 is 1.77 bits per heavy atom. The SMILES string of the molecule is CC(C)C[C@H](N[C@@H](c1ccc(-c2ccc(S(C)(=O)=O)cc2)cc1)C(F)(F)F)C(=O)NC(=O)[C@@H](N)CS(C)(=O)=O. The fraction of sp³-hybridized carbons (Fsp3) is 0.440. The summed E-state index contributed by atoms with van der Waals surface area (Å²) in [6, 6.07) is 5.95. The van der Waals surface area contributed by atoms with Crippen LogP contribution in [0.1, 0.15) is 31.9 Å². The lowest BCUT2D eigenvalue weighted by Gasteiger charge is -2.28. The molecule has 0 saturated heterocycles. The summed E-state index contributed by atoms with van der Waals surface area (Å²) in [4.78, 5) is 25.1. The molecule has 0 radical (unpaired) electrons. The van der Waals surface area contributed by atoms with E-state index in [1.54, 1.807) is 26.0 Å². The van der Waals surface area contributed by atoms with Gasteiger partial charge in [-0.3, -0.25) is 20.2 Å². The number of carbonyl (C=O) groups excluding carboxylic acids is 2. The highest BCUT2D eigenvalue weighted by atomic mass is 32.2. The number of benzene rings is 2. The minimum Gasteiger partial charge on any atom is -0.319 e. The summed E-state index contributed by atoms with van der Waals surface area (Å²) in [5.74, 6) is -3.15. The molecule has 0 bridgehead atoms. The first-order valence-electron chi connectivity index (χ1n) is 11.8. The van der Waals surface area contributed by atoms with Crippen molar-refractivity contribution in [1.82, 2.24) is 10.6 Å². The lowest BCUT2D eigenvalue weighted by molar-refractivity contribution is -0.161. The highest BCUT2D eigenvalue weighted by molar-refractivity contribution is 7.91. The number of imide groups is 1. The largest absolute Gasteiger partial charge is 0.407 e. The molecule has 0 aromatic heterocycles. The van der Waals surface area contributed by atoms with Crippen molar-refractivity contribution in [3.8, 4) is 11.1 Å². The molecule has 2 rings (SSSR count). The van der Waals surface area contributed by atoms with E-state index in [0.717, 1.165) is 12.5 Å². The van der Waals surface area contributed by atoms with Gasteiger partial charge in [0.1, 0.15) is 15.9 Å². The van der Waals surface area contributed by atoms with E-state index in [9.17, 15) is 39.6 Å². The molecule has 3 atom stereocenters. The summed E-state index contributed by atoms with van der Waals surface area (Å²) >= 11 is 0. The Kier molecular flexibility index (Phi) is 10.4. The average Bonchev–Trinajstić information content (AvgIpc) is 2.79. The molecular formula is C25H32F3N3O6S2. The number of nitrogens with one attached hydrogen (secondary N) is 2. The average molecular weight is 592 g/mol. The first-order chi connectivity index (χ1) is 17.8. The Hall–Kier alpha value is -2.81. The van der Waals surface area contributed by atoms with Gasteiger partial charge in [0.2, 0.25) is 11.8 Å². The maximum absolute atomic E-state index is 14.1. The van der Waals surface area contributed by atoms with E-state index in [0.29, 0.717) is 11.1 Å². The predicted octanol–water partition coefficient (Wildman–Crippen LogP) is 2.38. The molecule has 9 nitrogen and oxygen atoms in total. The maximum atomic E-state index is 14.1. The number of alkyl halides is 3. The zero-order valence-electron chi connectivity index (χ0n) is 21.8. The molecular weight excluding hydrogens is 559 g/mol. The molecule has 0 unspecified atom stereocenters. The lowest BCUT2D eigenvalue weighted by Crippen LogP contribution is -2.54. The number of carbonyl (C=O) groups is 2. The first-order valence-corrected chi connectivity index (χ1v) is 15.7. The maximum Gasteiger partial charge on any atom is 0.407 e. The Bertz CT molecular complexity index is 1380. The van der Waals surface area contributed by atoms with Crippen LogP contribution in [-0.2, 0) is 29.3 Å². The molecule has 0 fully saturated rings. The van der Waals surface area contributed by atoms with E-state index in [1.807, 2.05) is 5.32 Å². The summed E-state index contributed by atoms with van der Waals surface area (Å²) in [7, 11) is -7.04. The minimum atomic E-state index is -4.81. The van der Waals surface area contributed by atoms with Crippen molar-refractivity contribution in [3.63, 3.8) is 0 Å². The molecule has 0 aliphatic heterocycles. The second-order valence-electron chi connectivity index (χ2n) is 9.79. The molecule has 216 valence electrons. The van der Waals surface area contributed by atoms with Crippen molar-refractivity contribution in [2.24, 2.45) is 11.7 Å². The van der Waals surface area contributed by atoms with Crippen LogP contribution in [-0.4, -0.2) is 65.2 Å². The van der Waals surface area contributed by atoms with E-state index in [-0.39, 0.29) is 22.8 Å². The summed E-state index contributed by atoms with van der Waals surface area (Å²) in [5, 5.41) is 4.22. The van der Waals surface area contributed by atoms with Gasteiger partial charge in [-0.1, -0.05) is 50.2 Å². The molecule has 4 N–H and O–H groups in total. The molecule has 0 spiro atoms. The van der Waals surface area contributed by atoms with Crippen LogP contribution in [0.4, 0.5) is 13.2 Å². The Balaban J connectivity index is 2.29. The van der Waals surface area contributed by atoms with Crippen LogP contribution in [0.15, 0.2) is 53.4 Å². The molecule has 0 aliphatic rings. The minimum absolute atomic E-state index is 0.0578. The first kappa shape index (κ1) is 32.4. The van der Waals surface area contributed by atoms with Crippen LogP contribution < -0.4 is 16.4 Å².